The molecular weight excluding hydrogens is 221 g/mol. The van der Waals surface area contributed by atoms with Crippen molar-refractivity contribution < 1.29 is 13.9 Å². The van der Waals surface area contributed by atoms with Gasteiger partial charge in [-0.3, -0.25) is 0 Å². The van der Waals surface area contributed by atoms with Crippen molar-refractivity contribution in [3.05, 3.63) is 23.5 Å². The van der Waals surface area contributed by atoms with E-state index in [9.17, 15) is 4.39 Å². The van der Waals surface area contributed by atoms with E-state index in [1.807, 2.05) is 6.07 Å². The molecule has 0 unspecified atom stereocenters. The average Bonchev–Trinajstić information content (AvgIpc) is 2.78. The Bertz CT molecular complexity index is 441. The molecule has 0 bridgehead atoms. The molecule has 92 valence electrons. The number of nitrogens with two attached hydrogens (primary N) is 1. The first-order chi connectivity index (χ1) is 8.19. The van der Waals surface area contributed by atoms with Gasteiger partial charge in [-0.05, 0) is 30.5 Å². The summed E-state index contributed by atoms with van der Waals surface area (Å²) in [5.41, 5.74) is 6.81. The minimum absolute atomic E-state index is 0.0906. The van der Waals surface area contributed by atoms with Crippen molar-refractivity contribution in [2.75, 3.05) is 6.79 Å². The van der Waals surface area contributed by atoms with Gasteiger partial charge < -0.3 is 15.2 Å². The van der Waals surface area contributed by atoms with Gasteiger partial charge in [0.2, 0.25) is 12.5 Å². The van der Waals surface area contributed by atoms with Crippen molar-refractivity contribution in [3.63, 3.8) is 0 Å². The number of fused-ring (bicyclic) bond motifs is 1. The van der Waals surface area contributed by atoms with Crippen molar-refractivity contribution in [2.24, 2.45) is 5.73 Å². The fourth-order valence-corrected chi connectivity index (χ4v) is 2.73. The van der Waals surface area contributed by atoms with E-state index in [1.54, 1.807) is 0 Å². The molecule has 0 spiro atoms. The van der Waals surface area contributed by atoms with Gasteiger partial charge in [0, 0.05) is 5.54 Å². The molecule has 1 fully saturated rings. The minimum Gasteiger partial charge on any atom is -0.453 e. The summed E-state index contributed by atoms with van der Waals surface area (Å²) in [5, 5.41) is 0. The molecule has 17 heavy (non-hydrogen) atoms. The van der Waals surface area contributed by atoms with Crippen LogP contribution in [0.25, 0.3) is 0 Å². The Hall–Kier alpha value is -1.29. The topological polar surface area (TPSA) is 44.5 Å². The Morgan fingerprint density at radius 2 is 1.88 bits per heavy atom. The smallest absolute Gasteiger partial charge is 0.231 e. The van der Waals surface area contributed by atoms with E-state index in [2.05, 4.69) is 0 Å². The fourth-order valence-electron chi connectivity index (χ4n) is 2.73. The normalized spacial score (nSPS) is 21.5. The van der Waals surface area contributed by atoms with Crippen LogP contribution in [0.1, 0.15) is 37.7 Å². The van der Waals surface area contributed by atoms with Gasteiger partial charge in [0.05, 0.1) is 0 Å². The van der Waals surface area contributed by atoms with Crippen LogP contribution in [-0.2, 0) is 5.54 Å². The van der Waals surface area contributed by atoms with Crippen LogP contribution in [-0.4, -0.2) is 6.79 Å². The Balaban J connectivity index is 2.00. The number of benzene rings is 1. The molecule has 0 amide bonds. The second kappa shape index (κ2) is 3.88. The molecule has 1 aromatic carbocycles. The van der Waals surface area contributed by atoms with Crippen molar-refractivity contribution in [1.29, 1.82) is 0 Å². The summed E-state index contributed by atoms with van der Waals surface area (Å²) in [7, 11) is 0. The third kappa shape index (κ3) is 1.76. The number of hydrogen-bond donors (Lipinski definition) is 1. The largest absolute Gasteiger partial charge is 0.453 e. The summed E-state index contributed by atoms with van der Waals surface area (Å²) in [6, 6.07) is 3.33. The van der Waals surface area contributed by atoms with Gasteiger partial charge in [-0.2, -0.15) is 0 Å². The van der Waals surface area contributed by atoms with Gasteiger partial charge in [0.25, 0.3) is 0 Å². The van der Waals surface area contributed by atoms with E-state index in [0.717, 1.165) is 31.2 Å². The maximum Gasteiger partial charge on any atom is 0.231 e. The molecule has 1 aliphatic carbocycles. The van der Waals surface area contributed by atoms with E-state index in [-0.39, 0.29) is 18.4 Å². The first-order valence-corrected chi connectivity index (χ1v) is 6.08. The molecule has 4 heteroatoms. The van der Waals surface area contributed by atoms with Gasteiger partial charge in [0.15, 0.2) is 11.6 Å². The summed E-state index contributed by atoms with van der Waals surface area (Å²) in [4.78, 5) is 0. The molecule has 0 saturated heterocycles. The lowest BCUT2D eigenvalue weighted by Gasteiger charge is -2.34. The van der Waals surface area contributed by atoms with E-state index < -0.39 is 5.54 Å². The van der Waals surface area contributed by atoms with Gasteiger partial charge >= 0.3 is 0 Å². The fraction of sp³-hybridized carbons (Fsp3) is 0.538. The molecule has 1 aromatic rings. The number of rotatable bonds is 1. The summed E-state index contributed by atoms with van der Waals surface area (Å²) >= 11 is 0. The summed E-state index contributed by atoms with van der Waals surface area (Å²) in [6.07, 6.45) is 5.24. The number of hydrogen-bond acceptors (Lipinski definition) is 3. The predicted octanol–water partition coefficient (Wildman–Crippen LogP) is 2.67. The van der Waals surface area contributed by atoms with Crippen LogP contribution in [0, 0.1) is 5.82 Å². The minimum atomic E-state index is -0.403. The van der Waals surface area contributed by atoms with Crippen molar-refractivity contribution >= 4 is 0 Å². The maximum atomic E-state index is 13.8. The quantitative estimate of drug-likeness (QED) is 0.816. The molecule has 0 atom stereocenters. The molecule has 3 rings (SSSR count). The number of ether oxygens (including phenoxy) is 2. The Kier molecular flexibility index (Phi) is 2.47. The SMILES string of the molecule is NC1(c2cc(F)c3c(c2)OCO3)CCCCC1. The predicted molar refractivity (Wildman–Crippen MR) is 61.5 cm³/mol. The summed E-state index contributed by atoms with van der Waals surface area (Å²) < 4.78 is 24.1. The van der Waals surface area contributed by atoms with Crippen molar-refractivity contribution in [3.8, 4) is 11.5 Å². The zero-order valence-electron chi connectivity index (χ0n) is 9.67. The third-order valence-corrected chi connectivity index (χ3v) is 3.75. The van der Waals surface area contributed by atoms with Crippen LogP contribution in [0.15, 0.2) is 12.1 Å². The first kappa shape index (κ1) is 10.8. The maximum absolute atomic E-state index is 13.8. The monoisotopic (exact) mass is 237 g/mol. The molecule has 0 radical (unpaired) electrons. The lowest BCUT2D eigenvalue weighted by atomic mass is 9.77. The van der Waals surface area contributed by atoms with E-state index in [0.29, 0.717) is 5.75 Å². The van der Waals surface area contributed by atoms with Gasteiger partial charge in [0.1, 0.15) is 0 Å². The highest BCUT2D eigenvalue weighted by molar-refractivity contribution is 5.47. The number of halogens is 1. The van der Waals surface area contributed by atoms with E-state index >= 15 is 0 Å². The summed E-state index contributed by atoms with van der Waals surface area (Å²) in [6.45, 7) is 0.0906. The molecule has 2 aliphatic rings. The van der Waals surface area contributed by atoms with Crippen LogP contribution in [0.4, 0.5) is 4.39 Å². The Labute approximate surface area is 99.7 Å². The molecular formula is C13H16FNO2. The lowest BCUT2D eigenvalue weighted by molar-refractivity contribution is 0.171. The molecule has 1 heterocycles. The molecule has 1 saturated carbocycles. The van der Waals surface area contributed by atoms with Crippen molar-refractivity contribution in [2.45, 2.75) is 37.6 Å². The average molecular weight is 237 g/mol. The highest BCUT2D eigenvalue weighted by Gasteiger charge is 2.32. The Morgan fingerprint density at radius 3 is 2.65 bits per heavy atom. The third-order valence-electron chi connectivity index (χ3n) is 3.75. The molecule has 1 aliphatic heterocycles. The standard InChI is InChI=1S/C13H16FNO2/c14-10-6-9(7-11-12(10)17-8-16-11)13(15)4-2-1-3-5-13/h6-7H,1-5,8,15H2. The first-order valence-electron chi connectivity index (χ1n) is 6.08. The van der Waals surface area contributed by atoms with Crippen LogP contribution >= 0.6 is 0 Å². The molecule has 3 nitrogen and oxygen atoms in total. The van der Waals surface area contributed by atoms with Crippen LogP contribution < -0.4 is 15.2 Å². The van der Waals surface area contributed by atoms with Crippen LogP contribution in [0.5, 0.6) is 11.5 Å². The van der Waals surface area contributed by atoms with E-state index in [1.165, 1.54) is 12.5 Å². The molecule has 2 N–H and O–H groups in total. The zero-order valence-corrected chi connectivity index (χ0v) is 9.67. The lowest BCUT2D eigenvalue weighted by Crippen LogP contribution is -2.38. The second-order valence-corrected chi connectivity index (χ2v) is 4.91. The van der Waals surface area contributed by atoms with Crippen LogP contribution in [0.2, 0.25) is 0 Å². The van der Waals surface area contributed by atoms with Gasteiger partial charge in [-0.1, -0.05) is 19.3 Å². The van der Waals surface area contributed by atoms with Gasteiger partial charge in [-0.15, -0.1) is 0 Å². The van der Waals surface area contributed by atoms with Crippen LogP contribution in [0.3, 0.4) is 0 Å². The molecule has 0 aromatic heterocycles. The van der Waals surface area contributed by atoms with Gasteiger partial charge in [-0.25, -0.2) is 4.39 Å². The summed E-state index contributed by atoms with van der Waals surface area (Å²) in [5.74, 6) is 0.328. The zero-order chi connectivity index (χ0) is 11.9. The Morgan fingerprint density at radius 1 is 1.12 bits per heavy atom. The highest BCUT2D eigenvalue weighted by Crippen LogP contribution is 2.41. The van der Waals surface area contributed by atoms with Crippen molar-refractivity contribution in [1.82, 2.24) is 0 Å². The van der Waals surface area contributed by atoms with E-state index in [4.69, 9.17) is 15.2 Å². The highest BCUT2D eigenvalue weighted by atomic mass is 19.1. The second-order valence-electron chi connectivity index (χ2n) is 4.91.